The van der Waals surface area contributed by atoms with Crippen LogP contribution in [0, 0.1) is 6.92 Å². The quantitative estimate of drug-likeness (QED) is 0.843. The molecule has 0 aliphatic rings. The van der Waals surface area contributed by atoms with Gasteiger partial charge in [-0.1, -0.05) is 6.07 Å². The molecule has 0 aliphatic heterocycles. The van der Waals surface area contributed by atoms with Crippen molar-refractivity contribution in [1.82, 2.24) is 14.9 Å². The van der Waals surface area contributed by atoms with Gasteiger partial charge in [-0.3, -0.25) is 5.10 Å². The minimum Gasteiger partial charge on any atom is -0.496 e. The van der Waals surface area contributed by atoms with Gasteiger partial charge in [0.1, 0.15) is 10.6 Å². The van der Waals surface area contributed by atoms with Crippen LogP contribution in [0.2, 0.25) is 0 Å². The van der Waals surface area contributed by atoms with Crippen LogP contribution >= 0.6 is 15.9 Å². The van der Waals surface area contributed by atoms with Gasteiger partial charge < -0.3 is 4.74 Å². The highest BCUT2D eigenvalue weighted by atomic mass is 79.9. The highest BCUT2D eigenvalue weighted by Gasteiger charge is 2.22. The van der Waals surface area contributed by atoms with Crippen molar-refractivity contribution in [3.8, 4) is 5.75 Å². The third kappa shape index (κ3) is 3.45. The largest absolute Gasteiger partial charge is 0.496 e. The number of aromatic nitrogens is 2. The molecule has 21 heavy (non-hydrogen) atoms. The third-order valence-corrected chi connectivity index (χ3v) is 5.36. The topological polar surface area (TPSA) is 84.1 Å². The Kier molecular flexibility index (Phi) is 4.70. The minimum atomic E-state index is -3.61. The summed E-state index contributed by atoms with van der Waals surface area (Å²) < 4.78 is 33.2. The van der Waals surface area contributed by atoms with Crippen LogP contribution in [0.5, 0.6) is 5.75 Å². The zero-order valence-electron chi connectivity index (χ0n) is 11.8. The van der Waals surface area contributed by atoms with E-state index in [1.165, 1.54) is 6.20 Å². The summed E-state index contributed by atoms with van der Waals surface area (Å²) in [4.78, 5) is 0.155. The molecule has 8 heteroatoms. The number of ether oxygens (including phenoxy) is 1. The minimum absolute atomic E-state index is 0.155. The van der Waals surface area contributed by atoms with Crippen LogP contribution in [0.1, 0.15) is 24.2 Å². The number of hydrogen-bond donors (Lipinski definition) is 2. The maximum absolute atomic E-state index is 12.3. The molecule has 1 heterocycles. The Morgan fingerprint density at radius 2 is 2.14 bits per heavy atom. The summed E-state index contributed by atoms with van der Waals surface area (Å²) >= 11 is 3.39. The number of H-pyrrole nitrogens is 1. The van der Waals surface area contributed by atoms with Crippen molar-refractivity contribution in [3.63, 3.8) is 0 Å². The number of sulfonamides is 1. The van der Waals surface area contributed by atoms with Crippen LogP contribution in [0.15, 0.2) is 33.8 Å². The summed E-state index contributed by atoms with van der Waals surface area (Å²) in [5.74, 6) is 0.694. The molecular weight excluding hydrogens is 358 g/mol. The first kappa shape index (κ1) is 16.0. The Morgan fingerprint density at radius 1 is 1.43 bits per heavy atom. The van der Waals surface area contributed by atoms with Crippen LogP contribution in [0.4, 0.5) is 0 Å². The fourth-order valence-electron chi connectivity index (χ4n) is 1.93. The second kappa shape index (κ2) is 6.17. The van der Waals surface area contributed by atoms with Crippen LogP contribution in [-0.4, -0.2) is 25.7 Å². The van der Waals surface area contributed by atoms with E-state index in [1.54, 1.807) is 27.0 Å². The van der Waals surface area contributed by atoms with Gasteiger partial charge in [-0.05, 0) is 47.5 Å². The smallest absolute Gasteiger partial charge is 0.244 e. The van der Waals surface area contributed by atoms with Crippen LogP contribution in [0.25, 0.3) is 0 Å². The summed E-state index contributed by atoms with van der Waals surface area (Å²) in [6.45, 7) is 3.44. The second-order valence-electron chi connectivity index (χ2n) is 4.60. The van der Waals surface area contributed by atoms with Crippen LogP contribution in [-0.2, 0) is 10.0 Å². The first-order valence-electron chi connectivity index (χ1n) is 6.21. The summed E-state index contributed by atoms with van der Waals surface area (Å²) in [6, 6.07) is 5.05. The molecule has 2 aromatic rings. The average molecular weight is 374 g/mol. The number of halogens is 1. The fourth-order valence-corrected chi connectivity index (χ4v) is 3.85. The van der Waals surface area contributed by atoms with E-state index in [-0.39, 0.29) is 10.9 Å². The van der Waals surface area contributed by atoms with E-state index in [9.17, 15) is 8.42 Å². The van der Waals surface area contributed by atoms with E-state index in [1.807, 2.05) is 12.1 Å². The Balaban J connectivity index is 2.24. The van der Waals surface area contributed by atoms with E-state index in [4.69, 9.17) is 4.74 Å². The molecule has 0 saturated carbocycles. The third-order valence-electron chi connectivity index (χ3n) is 3.08. The van der Waals surface area contributed by atoms with Crippen molar-refractivity contribution in [3.05, 3.63) is 40.1 Å². The Hall–Kier alpha value is -1.38. The van der Waals surface area contributed by atoms with Crippen LogP contribution in [0.3, 0.4) is 0 Å². The maximum atomic E-state index is 12.3. The number of rotatable bonds is 5. The number of benzene rings is 1. The lowest BCUT2D eigenvalue weighted by Crippen LogP contribution is -2.27. The summed E-state index contributed by atoms with van der Waals surface area (Å²) in [6.07, 6.45) is 1.30. The molecule has 1 aromatic heterocycles. The molecule has 2 N–H and O–H groups in total. The lowest BCUT2D eigenvalue weighted by atomic mass is 10.1. The molecule has 6 nitrogen and oxygen atoms in total. The predicted octanol–water partition coefficient (Wildman–Crippen LogP) is 2.53. The zero-order chi connectivity index (χ0) is 15.6. The van der Waals surface area contributed by atoms with E-state index >= 15 is 0 Å². The molecule has 1 aromatic carbocycles. The van der Waals surface area contributed by atoms with E-state index < -0.39 is 10.0 Å². The standard InChI is InChI=1S/C13H16BrN3O3S/c1-8(10-4-5-12(20-3)11(14)6-10)17-21(18,19)13-7-15-16-9(13)2/h4-8,17H,1-3H3,(H,15,16). The molecule has 0 bridgehead atoms. The van der Waals surface area contributed by atoms with Gasteiger partial charge in [0.25, 0.3) is 0 Å². The number of nitrogens with zero attached hydrogens (tertiary/aromatic N) is 1. The summed E-state index contributed by atoms with van der Waals surface area (Å²) in [5, 5.41) is 6.36. The average Bonchev–Trinajstić information content (AvgIpc) is 2.85. The summed E-state index contributed by atoms with van der Waals surface area (Å²) in [7, 11) is -2.04. The number of aromatic amines is 1. The number of methoxy groups -OCH3 is 1. The van der Waals surface area contributed by atoms with Crippen molar-refractivity contribution in [2.75, 3.05) is 7.11 Å². The Morgan fingerprint density at radius 3 is 2.67 bits per heavy atom. The van der Waals surface area contributed by atoms with Crippen molar-refractivity contribution in [1.29, 1.82) is 0 Å². The predicted molar refractivity (Wildman–Crippen MR) is 82.8 cm³/mol. The first-order valence-corrected chi connectivity index (χ1v) is 8.48. The highest BCUT2D eigenvalue weighted by Crippen LogP contribution is 2.28. The van der Waals surface area contributed by atoms with Gasteiger partial charge in [-0.25, -0.2) is 13.1 Å². The lowest BCUT2D eigenvalue weighted by Gasteiger charge is -2.15. The van der Waals surface area contributed by atoms with Gasteiger partial charge in [-0.2, -0.15) is 5.10 Å². The second-order valence-corrected chi connectivity index (χ2v) is 7.13. The molecule has 2 rings (SSSR count). The SMILES string of the molecule is COc1ccc(C(C)NS(=O)(=O)c2cn[nH]c2C)cc1Br. The molecule has 0 spiro atoms. The first-order chi connectivity index (χ1) is 9.85. The normalized spacial score (nSPS) is 13.1. The molecule has 1 unspecified atom stereocenters. The Labute approximate surface area is 132 Å². The van der Waals surface area contributed by atoms with E-state index in [0.29, 0.717) is 11.4 Å². The lowest BCUT2D eigenvalue weighted by molar-refractivity contribution is 0.412. The number of nitrogens with one attached hydrogen (secondary N) is 2. The monoisotopic (exact) mass is 373 g/mol. The van der Waals surface area contributed by atoms with Gasteiger partial charge in [0.15, 0.2) is 0 Å². The molecular formula is C13H16BrN3O3S. The molecule has 1 atom stereocenters. The van der Waals surface area contributed by atoms with Gasteiger partial charge in [0.05, 0.1) is 23.5 Å². The molecule has 0 amide bonds. The molecule has 0 fully saturated rings. The van der Waals surface area contributed by atoms with Gasteiger partial charge in [0.2, 0.25) is 10.0 Å². The van der Waals surface area contributed by atoms with Crippen molar-refractivity contribution >= 4 is 26.0 Å². The Bertz CT molecular complexity index is 743. The van der Waals surface area contributed by atoms with E-state index in [2.05, 4.69) is 30.8 Å². The van der Waals surface area contributed by atoms with Crippen molar-refractivity contribution < 1.29 is 13.2 Å². The van der Waals surface area contributed by atoms with E-state index in [0.717, 1.165) is 10.0 Å². The zero-order valence-corrected chi connectivity index (χ0v) is 14.2. The molecule has 114 valence electrons. The number of aryl methyl sites for hydroxylation is 1. The fraction of sp³-hybridized carbons (Fsp3) is 0.308. The van der Waals surface area contributed by atoms with Crippen molar-refractivity contribution in [2.45, 2.75) is 24.8 Å². The van der Waals surface area contributed by atoms with Crippen molar-refractivity contribution in [2.24, 2.45) is 0 Å². The van der Waals surface area contributed by atoms with Gasteiger partial charge >= 0.3 is 0 Å². The van der Waals surface area contributed by atoms with Gasteiger partial charge in [-0.15, -0.1) is 0 Å². The molecule has 0 radical (unpaired) electrons. The highest BCUT2D eigenvalue weighted by molar-refractivity contribution is 9.10. The van der Waals surface area contributed by atoms with Crippen LogP contribution < -0.4 is 9.46 Å². The molecule has 0 saturated heterocycles. The molecule has 0 aliphatic carbocycles. The maximum Gasteiger partial charge on any atom is 0.244 e. The summed E-state index contributed by atoms with van der Waals surface area (Å²) in [5.41, 5.74) is 1.33. The number of hydrogen-bond acceptors (Lipinski definition) is 4. The van der Waals surface area contributed by atoms with Gasteiger partial charge in [0, 0.05) is 6.04 Å².